The summed E-state index contributed by atoms with van der Waals surface area (Å²) in [6.07, 6.45) is -0.230. The number of aromatic nitrogens is 1. The number of piperazine rings is 1. The van der Waals surface area contributed by atoms with E-state index in [-0.39, 0.29) is 6.09 Å². The van der Waals surface area contributed by atoms with Crippen LogP contribution in [0.25, 0.3) is 11.3 Å². The zero-order valence-corrected chi connectivity index (χ0v) is 15.2. The topological polar surface area (TPSA) is 45.7 Å². The second-order valence-electron chi connectivity index (χ2n) is 6.84. The molecule has 0 unspecified atom stereocenters. The smallest absolute Gasteiger partial charge is 0.410 e. The van der Waals surface area contributed by atoms with Crippen LogP contribution < -0.4 is 4.90 Å². The van der Waals surface area contributed by atoms with Crippen molar-refractivity contribution in [3.05, 3.63) is 35.7 Å². The minimum atomic E-state index is -0.450. The van der Waals surface area contributed by atoms with E-state index in [1.54, 1.807) is 16.2 Å². The van der Waals surface area contributed by atoms with Crippen LogP contribution in [0.4, 0.5) is 9.93 Å². The molecule has 128 valence electrons. The van der Waals surface area contributed by atoms with E-state index in [0.717, 1.165) is 29.5 Å². The maximum absolute atomic E-state index is 12.1. The minimum absolute atomic E-state index is 0.230. The Kier molecular flexibility index (Phi) is 4.76. The van der Waals surface area contributed by atoms with Gasteiger partial charge in [0.2, 0.25) is 0 Å². The summed E-state index contributed by atoms with van der Waals surface area (Å²) >= 11 is 1.65. The molecule has 0 spiro atoms. The summed E-state index contributed by atoms with van der Waals surface area (Å²) in [5, 5.41) is 3.10. The summed E-state index contributed by atoms with van der Waals surface area (Å²) in [6.45, 7) is 8.55. The first kappa shape index (κ1) is 16.8. The van der Waals surface area contributed by atoms with E-state index in [9.17, 15) is 4.79 Å². The third-order valence-corrected chi connectivity index (χ3v) is 4.66. The lowest BCUT2D eigenvalue weighted by molar-refractivity contribution is 0.0240. The number of hydrogen-bond donors (Lipinski definition) is 0. The Morgan fingerprint density at radius 3 is 2.42 bits per heavy atom. The summed E-state index contributed by atoms with van der Waals surface area (Å²) < 4.78 is 5.44. The second kappa shape index (κ2) is 6.81. The highest BCUT2D eigenvalue weighted by Gasteiger charge is 2.26. The van der Waals surface area contributed by atoms with Gasteiger partial charge in [-0.1, -0.05) is 30.3 Å². The van der Waals surface area contributed by atoms with Gasteiger partial charge in [-0.2, -0.15) is 0 Å². The molecule has 1 fully saturated rings. The van der Waals surface area contributed by atoms with Crippen LogP contribution in [0.3, 0.4) is 0 Å². The average Bonchev–Trinajstić information content (AvgIpc) is 3.04. The van der Waals surface area contributed by atoms with Crippen LogP contribution in [-0.2, 0) is 4.74 Å². The van der Waals surface area contributed by atoms with E-state index in [4.69, 9.17) is 9.72 Å². The lowest BCUT2D eigenvalue weighted by atomic mass is 10.2. The highest BCUT2D eigenvalue weighted by molar-refractivity contribution is 7.14. The maximum atomic E-state index is 12.1. The van der Waals surface area contributed by atoms with Crippen LogP contribution in [0, 0.1) is 0 Å². The average molecular weight is 345 g/mol. The van der Waals surface area contributed by atoms with Crippen LogP contribution in [0.15, 0.2) is 35.7 Å². The molecule has 3 rings (SSSR count). The van der Waals surface area contributed by atoms with Crippen LogP contribution in [0.1, 0.15) is 20.8 Å². The van der Waals surface area contributed by atoms with Crippen molar-refractivity contribution in [2.24, 2.45) is 0 Å². The van der Waals surface area contributed by atoms with Gasteiger partial charge in [-0.15, -0.1) is 11.3 Å². The third-order valence-electron chi connectivity index (χ3n) is 3.76. The van der Waals surface area contributed by atoms with Gasteiger partial charge in [0.1, 0.15) is 5.60 Å². The van der Waals surface area contributed by atoms with Gasteiger partial charge in [-0.05, 0) is 20.8 Å². The van der Waals surface area contributed by atoms with Gasteiger partial charge in [0.05, 0.1) is 5.69 Å². The summed E-state index contributed by atoms with van der Waals surface area (Å²) in [5.41, 5.74) is 1.69. The van der Waals surface area contributed by atoms with Crippen LogP contribution in [0.5, 0.6) is 0 Å². The Hall–Kier alpha value is -2.08. The van der Waals surface area contributed by atoms with Crippen LogP contribution in [0.2, 0.25) is 0 Å². The highest BCUT2D eigenvalue weighted by atomic mass is 32.1. The van der Waals surface area contributed by atoms with E-state index in [2.05, 4.69) is 22.4 Å². The molecule has 2 aromatic rings. The summed E-state index contributed by atoms with van der Waals surface area (Å²) in [5.74, 6) is 0. The molecule has 0 bridgehead atoms. The number of carbonyl (C=O) groups is 1. The molecule has 0 aliphatic carbocycles. The standard InChI is InChI=1S/C18H23N3O2S/c1-18(2,3)23-17(22)21-11-9-20(10-12-21)16-19-15(13-24-16)14-7-5-4-6-8-14/h4-8,13H,9-12H2,1-3H3. The Morgan fingerprint density at radius 2 is 1.79 bits per heavy atom. The number of ether oxygens (including phenoxy) is 1. The fraction of sp³-hybridized carbons (Fsp3) is 0.444. The van der Waals surface area contributed by atoms with Crippen molar-refractivity contribution < 1.29 is 9.53 Å². The Morgan fingerprint density at radius 1 is 1.12 bits per heavy atom. The van der Waals surface area contributed by atoms with Gasteiger partial charge >= 0.3 is 6.09 Å². The van der Waals surface area contributed by atoms with Crippen LogP contribution in [-0.4, -0.2) is 47.8 Å². The number of nitrogens with zero attached hydrogens (tertiary/aromatic N) is 3. The van der Waals surface area contributed by atoms with Crippen LogP contribution >= 0.6 is 11.3 Å². The van der Waals surface area contributed by atoms with Crippen molar-refractivity contribution in [3.8, 4) is 11.3 Å². The highest BCUT2D eigenvalue weighted by Crippen LogP contribution is 2.28. The molecule has 1 aliphatic rings. The maximum Gasteiger partial charge on any atom is 0.410 e. The van der Waals surface area contributed by atoms with Crippen molar-refractivity contribution >= 4 is 22.6 Å². The van der Waals surface area contributed by atoms with E-state index >= 15 is 0 Å². The molecule has 0 N–H and O–H groups in total. The zero-order valence-electron chi connectivity index (χ0n) is 14.4. The lowest BCUT2D eigenvalue weighted by Gasteiger charge is -2.35. The van der Waals surface area contributed by atoms with Crippen molar-refractivity contribution in [2.75, 3.05) is 31.1 Å². The molecule has 2 heterocycles. The van der Waals surface area contributed by atoms with Gasteiger partial charge in [-0.3, -0.25) is 0 Å². The molecule has 6 heteroatoms. The SMILES string of the molecule is CC(C)(C)OC(=O)N1CCN(c2nc(-c3ccccc3)cs2)CC1. The molecule has 1 aromatic heterocycles. The zero-order chi connectivity index (χ0) is 17.2. The quantitative estimate of drug-likeness (QED) is 0.829. The number of rotatable bonds is 2. The number of hydrogen-bond acceptors (Lipinski definition) is 5. The lowest BCUT2D eigenvalue weighted by Crippen LogP contribution is -2.50. The van der Waals surface area contributed by atoms with Crippen molar-refractivity contribution in [1.29, 1.82) is 0 Å². The molecule has 5 nitrogen and oxygen atoms in total. The minimum Gasteiger partial charge on any atom is -0.444 e. The summed E-state index contributed by atoms with van der Waals surface area (Å²) in [4.78, 5) is 20.9. The second-order valence-corrected chi connectivity index (χ2v) is 7.67. The fourth-order valence-corrected chi connectivity index (χ4v) is 3.45. The normalized spacial score (nSPS) is 15.5. The molecule has 0 radical (unpaired) electrons. The number of amides is 1. The fourth-order valence-electron chi connectivity index (χ4n) is 2.56. The number of anilines is 1. The number of benzene rings is 1. The van der Waals surface area contributed by atoms with E-state index in [1.807, 2.05) is 39.0 Å². The number of thiazole rings is 1. The summed E-state index contributed by atoms with van der Waals surface area (Å²) in [7, 11) is 0. The van der Waals surface area contributed by atoms with Gasteiger partial charge in [0.25, 0.3) is 0 Å². The Bertz CT molecular complexity index is 686. The Balaban J connectivity index is 1.59. The van der Waals surface area contributed by atoms with Gasteiger partial charge in [-0.25, -0.2) is 9.78 Å². The first-order chi connectivity index (χ1) is 11.4. The number of carbonyl (C=O) groups excluding carboxylic acids is 1. The molecule has 0 saturated carbocycles. The van der Waals surface area contributed by atoms with E-state index < -0.39 is 5.60 Å². The largest absolute Gasteiger partial charge is 0.444 e. The third kappa shape index (κ3) is 4.06. The predicted molar refractivity (Wildman–Crippen MR) is 97.6 cm³/mol. The molecule has 0 atom stereocenters. The van der Waals surface area contributed by atoms with Gasteiger partial charge in [0, 0.05) is 37.1 Å². The molecule has 1 saturated heterocycles. The van der Waals surface area contributed by atoms with E-state index in [1.165, 1.54) is 0 Å². The van der Waals surface area contributed by atoms with Crippen molar-refractivity contribution in [1.82, 2.24) is 9.88 Å². The van der Waals surface area contributed by atoms with Gasteiger partial charge < -0.3 is 14.5 Å². The molecule has 1 amide bonds. The van der Waals surface area contributed by atoms with Crippen molar-refractivity contribution in [3.63, 3.8) is 0 Å². The molecule has 24 heavy (non-hydrogen) atoms. The first-order valence-corrected chi connectivity index (χ1v) is 9.04. The first-order valence-electron chi connectivity index (χ1n) is 8.16. The molecular formula is C18H23N3O2S. The molecule has 1 aromatic carbocycles. The predicted octanol–water partition coefficient (Wildman–Crippen LogP) is 3.87. The molecule has 1 aliphatic heterocycles. The van der Waals surface area contributed by atoms with Crippen molar-refractivity contribution in [2.45, 2.75) is 26.4 Å². The Labute approximate surface area is 146 Å². The monoisotopic (exact) mass is 345 g/mol. The van der Waals surface area contributed by atoms with E-state index in [0.29, 0.717) is 13.1 Å². The van der Waals surface area contributed by atoms with Gasteiger partial charge in [0.15, 0.2) is 5.13 Å². The molecular weight excluding hydrogens is 322 g/mol. The summed E-state index contributed by atoms with van der Waals surface area (Å²) in [6, 6.07) is 10.2.